The molecule has 0 spiro atoms. The number of nitrogens with zero attached hydrogens (tertiary/aromatic N) is 1. The average molecular weight is 478 g/mol. The number of carbonyl (C=O) groups excluding carboxylic acids is 1. The van der Waals surface area contributed by atoms with Crippen molar-refractivity contribution in [2.24, 2.45) is 0 Å². The van der Waals surface area contributed by atoms with Gasteiger partial charge >= 0.3 is 5.97 Å². The van der Waals surface area contributed by atoms with E-state index < -0.39 is 8.24 Å². The highest BCUT2D eigenvalue weighted by Gasteiger charge is 2.48. The molecule has 35 heavy (non-hydrogen) atoms. The summed E-state index contributed by atoms with van der Waals surface area (Å²) in [5.41, 5.74) is 1.20. The summed E-state index contributed by atoms with van der Waals surface area (Å²) in [6, 6.07) is 43.9. The highest BCUT2D eigenvalue weighted by molar-refractivity contribution is 7.13. The molecule has 4 aromatic carbocycles. The lowest BCUT2D eigenvalue weighted by molar-refractivity contribution is -0.144. The van der Waals surface area contributed by atoms with Crippen LogP contribution in [0, 0.1) is 0 Å². The third-order valence-electron chi connectivity index (χ3n) is 6.96. The molecule has 176 valence electrons. The SMILES string of the molecule is O=C1CCC(N(c2ccccc2)[Si](c2ccccc2)(c2ccccc2)c2ccccc2)CCCO1. The van der Waals surface area contributed by atoms with E-state index in [-0.39, 0.29) is 12.0 Å². The fraction of sp³-hybridized carbons (Fsp3) is 0.194. The molecule has 5 rings (SSSR count). The molecular weight excluding hydrogens is 446 g/mol. The first-order valence-electron chi connectivity index (χ1n) is 12.5. The summed E-state index contributed by atoms with van der Waals surface area (Å²) in [5.74, 6) is -0.0888. The van der Waals surface area contributed by atoms with Gasteiger partial charge < -0.3 is 9.30 Å². The molecule has 1 fully saturated rings. The summed E-state index contributed by atoms with van der Waals surface area (Å²) in [7, 11) is -2.76. The third-order valence-corrected chi connectivity index (χ3v) is 11.8. The minimum absolute atomic E-state index is 0.0888. The van der Waals surface area contributed by atoms with E-state index in [1.807, 2.05) is 0 Å². The zero-order valence-electron chi connectivity index (χ0n) is 19.9. The minimum atomic E-state index is -2.76. The van der Waals surface area contributed by atoms with E-state index in [1.165, 1.54) is 21.2 Å². The maximum atomic E-state index is 12.4. The monoisotopic (exact) mass is 477 g/mol. The fourth-order valence-corrected chi connectivity index (χ4v) is 10.7. The molecule has 3 nitrogen and oxygen atoms in total. The lowest BCUT2D eigenvalue weighted by atomic mass is 10.0. The van der Waals surface area contributed by atoms with Crippen molar-refractivity contribution >= 4 is 35.5 Å². The van der Waals surface area contributed by atoms with Crippen molar-refractivity contribution in [3.63, 3.8) is 0 Å². The van der Waals surface area contributed by atoms with Gasteiger partial charge in [0.15, 0.2) is 0 Å². The molecule has 0 radical (unpaired) electrons. The highest BCUT2D eigenvalue weighted by atomic mass is 28.3. The largest absolute Gasteiger partial charge is 0.466 e. The summed E-state index contributed by atoms with van der Waals surface area (Å²) in [6.07, 6.45) is 3.05. The Morgan fingerprint density at radius 2 is 1.09 bits per heavy atom. The van der Waals surface area contributed by atoms with E-state index in [9.17, 15) is 4.79 Å². The number of carbonyl (C=O) groups is 1. The van der Waals surface area contributed by atoms with Gasteiger partial charge in [-0.2, -0.15) is 0 Å². The lowest BCUT2D eigenvalue weighted by Crippen LogP contribution is -2.79. The standard InChI is InChI=1S/C31H31NO2Si/c33-31-24-23-27(16-13-25-34-31)32(26-14-5-1-6-15-26)35(28-17-7-2-8-18-28,29-19-9-3-10-20-29)30-21-11-4-12-22-30/h1-12,14-15,17-22,27H,13,16,23-25H2. The van der Waals surface area contributed by atoms with Crippen molar-refractivity contribution in [2.75, 3.05) is 11.2 Å². The van der Waals surface area contributed by atoms with Crippen LogP contribution in [0.15, 0.2) is 121 Å². The normalized spacial score (nSPS) is 16.6. The Kier molecular flexibility index (Phi) is 7.10. The smallest absolute Gasteiger partial charge is 0.305 e. The zero-order valence-corrected chi connectivity index (χ0v) is 20.9. The van der Waals surface area contributed by atoms with Crippen molar-refractivity contribution in [3.05, 3.63) is 121 Å². The highest BCUT2D eigenvalue weighted by Crippen LogP contribution is 2.30. The van der Waals surface area contributed by atoms with Gasteiger partial charge in [0.1, 0.15) is 0 Å². The molecule has 0 bridgehead atoms. The molecule has 0 aliphatic carbocycles. The van der Waals surface area contributed by atoms with Crippen LogP contribution >= 0.6 is 0 Å². The molecule has 1 unspecified atom stereocenters. The van der Waals surface area contributed by atoms with E-state index in [0.717, 1.165) is 19.3 Å². The number of rotatable bonds is 6. The summed E-state index contributed by atoms with van der Waals surface area (Å²) >= 11 is 0. The molecule has 1 aliphatic rings. The van der Waals surface area contributed by atoms with Crippen molar-refractivity contribution in [3.8, 4) is 0 Å². The Morgan fingerprint density at radius 1 is 0.629 bits per heavy atom. The number of benzene rings is 4. The van der Waals surface area contributed by atoms with Crippen molar-refractivity contribution < 1.29 is 9.53 Å². The molecule has 1 heterocycles. The number of ether oxygens (including phenoxy) is 1. The Morgan fingerprint density at radius 3 is 1.57 bits per heavy atom. The Labute approximate surface area is 209 Å². The van der Waals surface area contributed by atoms with Crippen molar-refractivity contribution in [2.45, 2.75) is 31.7 Å². The minimum Gasteiger partial charge on any atom is -0.466 e. The van der Waals surface area contributed by atoms with E-state index in [1.54, 1.807) is 0 Å². The van der Waals surface area contributed by atoms with Crippen LogP contribution in [0.25, 0.3) is 0 Å². The van der Waals surface area contributed by atoms with Crippen LogP contribution < -0.4 is 20.1 Å². The van der Waals surface area contributed by atoms with Gasteiger partial charge in [-0.15, -0.1) is 0 Å². The van der Waals surface area contributed by atoms with Crippen LogP contribution in [0.1, 0.15) is 25.7 Å². The second-order valence-corrected chi connectivity index (χ2v) is 12.7. The molecule has 4 heteroatoms. The molecular formula is C31H31NO2Si. The topological polar surface area (TPSA) is 29.5 Å². The number of para-hydroxylation sites is 1. The second kappa shape index (κ2) is 10.7. The first-order chi connectivity index (χ1) is 17.3. The summed E-state index contributed by atoms with van der Waals surface area (Å²) < 4.78 is 8.12. The number of cyclic esters (lactones) is 1. The van der Waals surface area contributed by atoms with Gasteiger partial charge in [0.05, 0.1) is 6.61 Å². The van der Waals surface area contributed by atoms with Crippen molar-refractivity contribution in [1.82, 2.24) is 0 Å². The molecule has 0 N–H and O–H groups in total. The van der Waals surface area contributed by atoms with E-state index in [2.05, 4.69) is 126 Å². The van der Waals surface area contributed by atoms with E-state index >= 15 is 0 Å². The van der Waals surface area contributed by atoms with Crippen LogP contribution in [0.4, 0.5) is 5.69 Å². The predicted octanol–water partition coefficient (Wildman–Crippen LogP) is 4.65. The number of hydrogen-bond acceptors (Lipinski definition) is 3. The predicted molar refractivity (Wildman–Crippen MR) is 146 cm³/mol. The quantitative estimate of drug-likeness (QED) is 0.230. The van der Waals surface area contributed by atoms with E-state index in [0.29, 0.717) is 13.0 Å². The van der Waals surface area contributed by atoms with Crippen LogP contribution in [0.3, 0.4) is 0 Å². The molecule has 0 saturated carbocycles. The molecule has 1 saturated heterocycles. The van der Waals surface area contributed by atoms with Gasteiger partial charge in [-0.3, -0.25) is 4.79 Å². The average Bonchev–Trinajstić information content (AvgIpc) is 2.92. The van der Waals surface area contributed by atoms with Gasteiger partial charge in [0, 0.05) is 18.2 Å². The molecule has 0 amide bonds. The summed E-state index contributed by atoms with van der Waals surface area (Å²) in [5, 5.41) is 4.02. The van der Waals surface area contributed by atoms with Crippen LogP contribution in [0.2, 0.25) is 0 Å². The zero-order chi connectivity index (χ0) is 23.9. The van der Waals surface area contributed by atoms with E-state index in [4.69, 9.17) is 4.74 Å². The van der Waals surface area contributed by atoms with Crippen LogP contribution in [0.5, 0.6) is 0 Å². The first-order valence-corrected chi connectivity index (χ1v) is 14.4. The fourth-order valence-electron chi connectivity index (χ4n) is 5.49. The van der Waals surface area contributed by atoms with Gasteiger partial charge in [-0.05, 0) is 47.0 Å². The van der Waals surface area contributed by atoms with Crippen LogP contribution in [-0.2, 0) is 9.53 Å². The maximum absolute atomic E-state index is 12.4. The van der Waals surface area contributed by atoms with Gasteiger partial charge in [-0.25, -0.2) is 0 Å². The van der Waals surface area contributed by atoms with Gasteiger partial charge in [0.2, 0.25) is 0 Å². The molecule has 1 atom stereocenters. The molecule has 0 aromatic heterocycles. The molecule has 1 aliphatic heterocycles. The summed E-state index contributed by atoms with van der Waals surface area (Å²) in [4.78, 5) is 12.4. The Balaban J connectivity index is 1.83. The number of esters is 1. The first kappa shape index (κ1) is 23.1. The Bertz CT molecular complexity index is 1120. The van der Waals surface area contributed by atoms with Crippen LogP contribution in [-0.4, -0.2) is 26.9 Å². The number of hydrogen-bond donors (Lipinski definition) is 0. The summed E-state index contributed by atoms with van der Waals surface area (Å²) in [6.45, 7) is 0.495. The molecule has 4 aromatic rings. The second-order valence-electron chi connectivity index (χ2n) is 9.07. The maximum Gasteiger partial charge on any atom is 0.305 e. The number of anilines is 1. The Hall–Kier alpha value is -3.63. The van der Waals surface area contributed by atoms with Crippen molar-refractivity contribution in [1.29, 1.82) is 0 Å². The third kappa shape index (κ3) is 4.67. The van der Waals surface area contributed by atoms with Gasteiger partial charge in [0.25, 0.3) is 8.24 Å². The van der Waals surface area contributed by atoms with Gasteiger partial charge in [-0.1, -0.05) is 109 Å². The lowest BCUT2D eigenvalue weighted by Gasteiger charge is -2.49.